The molecule has 186 valence electrons. The van der Waals surface area contributed by atoms with Gasteiger partial charge in [0, 0.05) is 31.5 Å². The molecule has 7 heteroatoms. The molecule has 2 N–H and O–H groups in total. The summed E-state index contributed by atoms with van der Waals surface area (Å²) in [5.74, 6) is -1.19. The number of aliphatic carboxylic acids is 1. The Morgan fingerprint density at radius 2 is 1.60 bits per heavy atom. The highest BCUT2D eigenvalue weighted by atomic mass is 16.5. The Morgan fingerprint density at radius 3 is 2.23 bits per heavy atom. The van der Waals surface area contributed by atoms with E-state index < -0.39 is 18.0 Å². The van der Waals surface area contributed by atoms with Gasteiger partial charge in [0.15, 0.2) is 0 Å². The number of amides is 2. The average molecular weight is 479 g/mol. The van der Waals surface area contributed by atoms with Crippen molar-refractivity contribution in [2.75, 3.05) is 19.7 Å². The summed E-state index contributed by atoms with van der Waals surface area (Å²) in [6, 6.07) is 16.3. The molecule has 2 aromatic rings. The fourth-order valence-electron chi connectivity index (χ4n) is 5.36. The second-order valence-corrected chi connectivity index (χ2v) is 9.48. The second kappa shape index (κ2) is 11.4. The molecule has 2 atom stereocenters. The number of unbranched alkanes of at least 4 members (excludes halogenated alkanes) is 3. The highest BCUT2D eigenvalue weighted by Crippen LogP contribution is 2.44. The molecule has 0 spiro atoms. The Balaban J connectivity index is 1.10. The zero-order valence-corrected chi connectivity index (χ0v) is 20.2. The third-order valence-corrected chi connectivity index (χ3v) is 7.32. The lowest BCUT2D eigenvalue weighted by Gasteiger charge is -2.23. The lowest BCUT2D eigenvalue weighted by molar-refractivity contribution is -0.143. The van der Waals surface area contributed by atoms with Gasteiger partial charge in [0.25, 0.3) is 0 Å². The maximum absolute atomic E-state index is 12.4. The number of likely N-dealkylation sites (tertiary alicyclic amines) is 1. The summed E-state index contributed by atoms with van der Waals surface area (Å²) in [6.07, 6.45) is 3.95. The van der Waals surface area contributed by atoms with Crippen LogP contribution in [-0.4, -0.2) is 53.7 Å². The number of carboxylic acids is 1. The van der Waals surface area contributed by atoms with Crippen LogP contribution in [0.4, 0.5) is 4.79 Å². The number of ether oxygens (including phenoxy) is 1. The Labute approximate surface area is 206 Å². The first kappa shape index (κ1) is 24.8. The molecule has 35 heavy (non-hydrogen) atoms. The maximum atomic E-state index is 12.4. The number of carboxylic acid groups (broad SMARTS) is 1. The number of hydrogen-bond acceptors (Lipinski definition) is 4. The highest BCUT2D eigenvalue weighted by molar-refractivity contribution is 5.80. The van der Waals surface area contributed by atoms with Crippen molar-refractivity contribution >= 4 is 18.0 Å². The number of carbonyl (C=O) groups is 3. The summed E-state index contributed by atoms with van der Waals surface area (Å²) in [5.41, 5.74) is 4.80. The smallest absolute Gasteiger partial charge is 0.407 e. The van der Waals surface area contributed by atoms with Gasteiger partial charge in [0.2, 0.25) is 5.91 Å². The van der Waals surface area contributed by atoms with E-state index in [1.165, 1.54) is 22.3 Å². The molecule has 4 rings (SSSR count). The Morgan fingerprint density at radius 1 is 0.971 bits per heavy atom. The minimum Gasteiger partial charge on any atom is -0.481 e. The summed E-state index contributed by atoms with van der Waals surface area (Å²) in [5, 5.41) is 12.0. The summed E-state index contributed by atoms with van der Waals surface area (Å²) >= 11 is 0. The van der Waals surface area contributed by atoms with E-state index in [2.05, 4.69) is 29.6 Å². The van der Waals surface area contributed by atoms with Gasteiger partial charge in [-0.2, -0.15) is 0 Å². The molecule has 2 amide bonds. The number of hydrogen-bond donors (Lipinski definition) is 2. The molecule has 1 fully saturated rings. The minimum atomic E-state index is -0.822. The fourth-order valence-corrected chi connectivity index (χ4v) is 5.36. The summed E-state index contributed by atoms with van der Waals surface area (Å²) in [6.45, 7) is 3.19. The topological polar surface area (TPSA) is 95.9 Å². The van der Waals surface area contributed by atoms with Crippen LogP contribution >= 0.6 is 0 Å². The molecule has 1 heterocycles. The zero-order chi connectivity index (χ0) is 24.8. The third-order valence-electron chi connectivity index (χ3n) is 7.32. The normalized spacial score (nSPS) is 18.7. The van der Waals surface area contributed by atoms with Crippen LogP contribution in [0.3, 0.4) is 0 Å². The SMILES string of the molecule is CC1C(C(=O)O)CCN1C(=O)CCCCCCNC(=O)OCC1c2ccccc2-c2ccccc21. The van der Waals surface area contributed by atoms with Crippen molar-refractivity contribution in [3.63, 3.8) is 0 Å². The number of alkyl carbamates (subject to hydrolysis) is 1. The van der Waals surface area contributed by atoms with Gasteiger partial charge in [-0.25, -0.2) is 4.79 Å². The van der Waals surface area contributed by atoms with Crippen molar-refractivity contribution in [2.45, 2.75) is 57.4 Å². The van der Waals surface area contributed by atoms with E-state index >= 15 is 0 Å². The number of benzene rings is 2. The lowest BCUT2D eigenvalue weighted by atomic mass is 9.98. The van der Waals surface area contributed by atoms with Gasteiger partial charge in [-0.15, -0.1) is 0 Å². The monoisotopic (exact) mass is 478 g/mol. The van der Waals surface area contributed by atoms with Crippen LogP contribution in [0.2, 0.25) is 0 Å². The molecule has 2 unspecified atom stereocenters. The minimum absolute atomic E-state index is 0.0398. The van der Waals surface area contributed by atoms with Gasteiger partial charge < -0.3 is 20.1 Å². The molecule has 2 aliphatic rings. The van der Waals surface area contributed by atoms with Gasteiger partial charge in [-0.1, -0.05) is 61.4 Å². The van der Waals surface area contributed by atoms with Gasteiger partial charge in [-0.3, -0.25) is 9.59 Å². The Hall–Kier alpha value is -3.35. The van der Waals surface area contributed by atoms with Crippen LogP contribution in [0.25, 0.3) is 11.1 Å². The summed E-state index contributed by atoms with van der Waals surface area (Å²) < 4.78 is 5.55. The van der Waals surface area contributed by atoms with E-state index in [0.29, 0.717) is 32.5 Å². The highest BCUT2D eigenvalue weighted by Gasteiger charge is 2.37. The van der Waals surface area contributed by atoms with Gasteiger partial charge in [-0.05, 0) is 48.4 Å². The number of rotatable bonds is 10. The Bertz CT molecular complexity index is 1020. The van der Waals surface area contributed by atoms with E-state index in [0.717, 1.165) is 25.7 Å². The predicted molar refractivity (Wildman–Crippen MR) is 133 cm³/mol. The number of nitrogens with zero attached hydrogens (tertiary/aromatic N) is 1. The van der Waals surface area contributed by atoms with Gasteiger partial charge in [0.1, 0.15) is 6.61 Å². The van der Waals surface area contributed by atoms with Crippen molar-refractivity contribution < 1.29 is 24.2 Å². The number of carbonyl (C=O) groups excluding carboxylic acids is 2. The third kappa shape index (κ3) is 5.66. The van der Waals surface area contributed by atoms with Gasteiger partial charge in [0.05, 0.1) is 5.92 Å². The van der Waals surface area contributed by atoms with Crippen molar-refractivity contribution in [2.24, 2.45) is 5.92 Å². The molecule has 1 aliphatic carbocycles. The van der Waals surface area contributed by atoms with Crippen LogP contribution in [0.15, 0.2) is 48.5 Å². The number of fused-ring (bicyclic) bond motifs is 3. The molecular weight excluding hydrogens is 444 g/mol. The van der Waals surface area contributed by atoms with Crippen LogP contribution in [0.5, 0.6) is 0 Å². The summed E-state index contributed by atoms with van der Waals surface area (Å²) in [4.78, 5) is 37.5. The fraction of sp³-hybridized carbons (Fsp3) is 0.464. The van der Waals surface area contributed by atoms with E-state index in [1.807, 2.05) is 31.2 Å². The van der Waals surface area contributed by atoms with Crippen molar-refractivity contribution in [3.8, 4) is 11.1 Å². The van der Waals surface area contributed by atoms with E-state index in [4.69, 9.17) is 4.74 Å². The van der Waals surface area contributed by atoms with Crippen molar-refractivity contribution in [1.29, 1.82) is 0 Å². The molecule has 0 saturated carbocycles. The number of nitrogens with one attached hydrogen (secondary N) is 1. The average Bonchev–Trinajstić information content (AvgIpc) is 3.40. The van der Waals surface area contributed by atoms with Crippen LogP contribution in [-0.2, 0) is 14.3 Å². The molecule has 0 radical (unpaired) electrons. The standard InChI is InChI=1S/C28H34N2O5/c1-19-20(27(32)33)15-17-30(19)26(31)14-4-2-3-9-16-29-28(34)35-18-25-23-12-7-5-10-21(23)22-11-6-8-13-24(22)25/h5-8,10-13,19-20,25H,2-4,9,14-18H2,1H3,(H,29,34)(H,32,33). The van der Waals surface area contributed by atoms with Crippen LogP contribution in [0.1, 0.15) is 62.5 Å². The molecule has 1 saturated heterocycles. The Kier molecular flexibility index (Phi) is 8.06. The van der Waals surface area contributed by atoms with Crippen molar-refractivity contribution in [1.82, 2.24) is 10.2 Å². The molecular formula is C28H34N2O5. The van der Waals surface area contributed by atoms with Crippen molar-refractivity contribution in [3.05, 3.63) is 59.7 Å². The summed E-state index contributed by atoms with van der Waals surface area (Å²) in [7, 11) is 0. The second-order valence-electron chi connectivity index (χ2n) is 9.48. The quantitative estimate of drug-likeness (QED) is 0.479. The lowest BCUT2D eigenvalue weighted by Crippen LogP contribution is -2.37. The predicted octanol–water partition coefficient (Wildman–Crippen LogP) is 4.80. The molecule has 1 aliphatic heterocycles. The van der Waals surface area contributed by atoms with E-state index in [1.54, 1.807) is 4.90 Å². The molecule has 0 bridgehead atoms. The first-order valence-corrected chi connectivity index (χ1v) is 12.6. The van der Waals surface area contributed by atoms with E-state index in [-0.39, 0.29) is 17.9 Å². The zero-order valence-electron chi connectivity index (χ0n) is 20.2. The first-order valence-electron chi connectivity index (χ1n) is 12.6. The molecule has 7 nitrogen and oxygen atoms in total. The van der Waals surface area contributed by atoms with E-state index in [9.17, 15) is 19.5 Å². The molecule has 2 aromatic carbocycles. The van der Waals surface area contributed by atoms with Gasteiger partial charge >= 0.3 is 12.1 Å². The first-order chi connectivity index (χ1) is 17.0. The van der Waals surface area contributed by atoms with Crippen LogP contribution in [0, 0.1) is 5.92 Å². The van der Waals surface area contributed by atoms with Crippen LogP contribution < -0.4 is 5.32 Å². The largest absolute Gasteiger partial charge is 0.481 e. The maximum Gasteiger partial charge on any atom is 0.407 e. The molecule has 0 aromatic heterocycles.